The normalized spacial score (nSPS) is 11.0. The molecule has 5 nitrogen and oxygen atoms in total. The number of anilines is 1. The summed E-state index contributed by atoms with van der Waals surface area (Å²) in [5, 5.41) is 9.00. The van der Waals surface area contributed by atoms with Crippen molar-refractivity contribution >= 4 is 27.3 Å². The van der Waals surface area contributed by atoms with Gasteiger partial charge in [0.1, 0.15) is 16.7 Å². The number of aromatic nitrogens is 1. The minimum absolute atomic E-state index is 0.0899. The summed E-state index contributed by atoms with van der Waals surface area (Å²) in [6.45, 7) is 0. The molecule has 1 aromatic carbocycles. The topological polar surface area (TPSA) is 82.8 Å². The van der Waals surface area contributed by atoms with Crippen molar-refractivity contribution in [3.63, 3.8) is 0 Å². The van der Waals surface area contributed by atoms with Crippen molar-refractivity contribution < 1.29 is 17.2 Å². The van der Waals surface area contributed by atoms with E-state index in [2.05, 4.69) is 4.98 Å². The highest BCUT2D eigenvalue weighted by Gasteiger charge is 2.21. The van der Waals surface area contributed by atoms with Crippen molar-refractivity contribution in [1.82, 2.24) is 4.98 Å². The molecule has 0 fully saturated rings. The van der Waals surface area contributed by atoms with E-state index in [1.807, 2.05) is 4.72 Å². The van der Waals surface area contributed by atoms with Crippen LogP contribution in [0.25, 0.3) is 0 Å². The van der Waals surface area contributed by atoms with Crippen molar-refractivity contribution in [2.75, 3.05) is 4.72 Å². The summed E-state index contributed by atoms with van der Waals surface area (Å²) in [4.78, 5) is 2.44. The smallest absolute Gasteiger partial charge is 0.263 e. The minimum atomic E-state index is -4.27. The molecule has 2 rings (SSSR count). The van der Waals surface area contributed by atoms with Crippen LogP contribution in [-0.2, 0) is 10.0 Å². The molecule has 0 saturated heterocycles. The second-order valence-electron chi connectivity index (χ2n) is 3.83. The Labute approximate surface area is 123 Å². The molecule has 0 aliphatic rings. The SMILES string of the molecule is N#Cc1ccc(Cl)cc1S(=O)(=O)Nc1ccc(F)nc1F. The van der Waals surface area contributed by atoms with Crippen LogP contribution in [-0.4, -0.2) is 13.4 Å². The van der Waals surface area contributed by atoms with E-state index >= 15 is 0 Å². The van der Waals surface area contributed by atoms with E-state index in [9.17, 15) is 17.2 Å². The van der Waals surface area contributed by atoms with Crippen LogP contribution in [0.1, 0.15) is 5.56 Å². The van der Waals surface area contributed by atoms with Gasteiger partial charge >= 0.3 is 0 Å². The molecule has 1 N–H and O–H groups in total. The van der Waals surface area contributed by atoms with E-state index in [1.165, 1.54) is 12.1 Å². The molecular weight excluding hydrogens is 324 g/mol. The van der Waals surface area contributed by atoms with Crippen molar-refractivity contribution in [1.29, 1.82) is 5.26 Å². The Hall–Kier alpha value is -2.24. The predicted octanol–water partition coefficient (Wildman–Crippen LogP) is 2.69. The molecule has 1 aromatic heterocycles. The summed E-state index contributed by atoms with van der Waals surface area (Å²) in [7, 11) is -4.27. The second-order valence-corrected chi connectivity index (χ2v) is 5.92. The molecule has 0 aliphatic carbocycles. The Morgan fingerprint density at radius 2 is 1.95 bits per heavy atom. The number of nitrogens with zero attached hydrogens (tertiary/aromatic N) is 2. The molecule has 1 heterocycles. The van der Waals surface area contributed by atoms with Gasteiger partial charge in [-0.05, 0) is 30.3 Å². The highest BCUT2D eigenvalue weighted by molar-refractivity contribution is 7.92. The number of sulfonamides is 1. The maximum Gasteiger partial charge on any atom is 0.263 e. The van der Waals surface area contributed by atoms with Gasteiger partial charge in [0.25, 0.3) is 10.0 Å². The lowest BCUT2D eigenvalue weighted by Crippen LogP contribution is -2.16. The zero-order valence-corrected chi connectivity index (χ0v) is 11.7. The van der Waals surface area contributed by atoms with Crippen LogP contribution in [0.3, 0.4) is 0 Å². The van der Waals surface area contributed by atoms with Crippen LogP contribution in [0.5, 0.6) is 0 Å². The van der Waals surface area contributed by atoms with E-state index in [-0.39, 0.29) is 10.6 Å². The Balaban J connectivity index is 2.48. The Bertz CT molecular complexity index is 850. The van der Waals surface area contributed by atoms with E-state index in [0.29, 0.717) is 0 Å². The third-order valence-corrected chi connectivity index (χ3v) is 4.05. The van der Waals surface area contributed by atoms with Crippen LogP contribution in [0.2, 0.25) is 5.02 Å². The molecule has 0 atom stereocenters. The molecule has 9 heteroatoms. The van der Waals surface area contributed by atoms with Gasteiger partial charge in [0.15, 0.2) is 0 Å². The number of rotatable bonds is 3. The van der Waals surface area contributed by atoms with Crippen molar-refractivity contribution in [2.24, 2.45) is 0 Å². The third-order valence-electron chi connectivity index (χ3n) is 2.41. The molecular formula is C12H6ClF2N3O2S. The number of hydrogen-bond acceptors (Lipinski definition) is 4. The van der Waals surface area contributed by atoms with Crippen LogP contribution in [0.15, 0.2) is 35.2 Å². The Morgan fingerprint density at radius 1 is 1.24 bits per heavy atom. The molecule has 0 aliphatic heterocycles. The largest absolute Gasteiger partial charge is 0.275 e. The summed E-state index contributed by atoms with van der Waals surface area (Å²) in [5.74, 6) is -2.41. The number of hydrogen-bond donors (Lipinski definition) is 1. The fourth-order valence-electron chi connectivity index (χ4n) is 1.50. The average molecular weight is 330 g/mol. The van der Waals surface area contributed by atoms with Gasteiger partial charge in [-0.3, -0.25) is 4.72 Å². The lowest BCUT2D eigenvalue weighted by atomic mass is 10.2. The molecule has 0 bridgehead atoms. The van der Waals surface area contributed by atoms with Crippen molar-refractivity contribution in [3.8, 4) is 6.07 Å². The fraction of sp³-hybridized carbons (Fsp3) is 0. The highest BCUT2D eigenvalue weighted by Crippen LogP contribution is 2.23. The first-order valence-electron chi connectivity index (χ1n) is 5.38. The predicted molar refractivity (Wildman–Crippen MR) is 71.1 cm³/mol. The van der Waals surface area contributed by atoms with Crippen molar-refractivity contribution in [3.05, 3.63) is 52.8 Å². The summed E-state index contributed by atoms with van der Waals surface area (Å²) < 4.78 is 52.3. The summed E-state index contributed by atoms with van der Waals surface area (Å²) in [6, 6.07) is 6.99. The summed E-state index contributed by atoms with van der Waals surface area (Å²) in [6.07, 6.45) is 0. The summed E-state index contributed by atoms with van der Waals surface area (Å²) >= 11 is 5.70. The van der Waals surface area contributed by atoms with E-state index in [4.69, 9.17) is 16.9 Å². The molecule has 108 valence electrons. The third kappa shape index (κ3) is 3.26. The Morgan fingerprint density at radius 3 is 2.57 bits per heavy atom. The molecule has 21 heavy (non-hydrogen) atoms. The van der Waals surface area contributed by atoms with E-state index < -0.39 is 32.5 Å². The van der Waals surface area contributed by atoms with Gasteiger partial charge in [-0.1, -0.05) is 11.6 Å². The molecule has 0 radical (unpaired) electrons. The number of nitriles is 1. The average Bonchev–Trinajstić information content (AvgIpc) is 2.42. The first-order chi connectivity index (χ1) is 9.83. The van der Waals surface area contributed by atoms with Gasteiger partial charge in [-0.15, -0.1) is 0 Å². The molecule has 0 spiro atoms. The second kappa shape index (κ2) is 5.63. The van der Waals surface area contributed by atoms with Gasteiger partial charge in [0.2, 0.25) is 11.9 Å². The summed E-state index contributed by atoms with van der Waals surface area (Å²) in [5.41, 5.74) is -0.706. The lowest BCUT2D eigenvalue weighted by Gasteiger charge is -2.10. The first kappa shape index (κ1) is 15.2. The quantitative estimate of drug-likeness (QED) is 0.878. The van der Waals surface area contributed by atoms with Gasteiger partial charge < -0.3 is 0 Å². The molecule has 0 unspecified atom stereocenters. The molecule has 0 saturated carbocycles. The Kier molecular flexibility index (Phi) is 4.06. The maximum atomic E-state index is 13.4. The van der Waals surface area contributed by atoms with Gasteiger partial charge in [0.05, 0.1) is 5.56 Å². The van der Waals surface area contributed by atoms with Gasteiger partial charge in [-0.25, -0.2) is 8.42 Å². The highest BCUT2D eigenvalue weighted by atomic mass is 35.5. The molecule has 2 aromatic rings. The lowest BCUT2D eigenvalue weighted by molar-refractivity contribution is 0.515. The monoisotopic (exact) mass is 329 g/mol. The zero-order chi connectivity index (χ0) is 15.6. The van der Waals surface area contributed by atoms with Crippen LogP contribution in [0.4, 0.5) is 14.5 Å². The van der Waals surface area contributed by atoms with Crippen LogP contribution >= 0.6 is 11.6 Å². The number of pyridine rings is 1. The van der Waals surface area contributed by atoms with Crippen LogP contribution in [0, 0.1) is 23.2 Å². The van der Waals surface area contributed by atoms with Gasteiger partial charge in [0, 0.05) is 5.02 Å². The standard InChI is InChI=1S/C12H6ClF2N3O2S/c13-8-2-1-7(6-16)10(5-8)21(19,20)18-9-3-4-11(14)17-12(9)15/h1-5,18H. The van der Waals surface area contributed by atoms with Crippen molar-refractivity contribution in [2.45, 2.75) is 4.90 Å². The van der Waals surface area contributed by atoms with E-state index in [0.717, 1.165) is 18.2 Å². The van der Waals surface area contributed by atoms with Crippen LogP contribution < -0.4 is 4.72 Å². The fourth-order valence-corrected chi connectivity index (χ4v) is 2.97. The minimum Gasteiger partial charge on any atom is -0.275 e. The number of benzene rings is 1. The van der Waals surface area contributed by atoms with E-state index in [1.54, 1.807) is 6.07 Å². The number of nitrogens with one attached hydrogen (secondary N) is 1. The number of halogens is 3. The maximum absolute atomic E-state index is 13.4. The van der Waals surface area contributed by atoms with Gasteiger partial charge in [-0.2, -0.15) is 19.0 Å². The zero-order valence-electron chi connectivity index (χ0n) is 10.1. The molecule has 0 amide bonds. The first-order valence-corrected chi connectivity index (χ1v) is 7.24.